The molecule has 0 unspecified atom stereocenters. The van der Waals surface area contributed by atoms with Gasteiger partial charge in [-0.15, -0.1) is 6.58 Å². The first-order chi connectivity index (χ1) is 10.8. The second kappa shape index (κ2) is 5.50. The van der Waals surface area contributed by atoms with Crippen molar-refractivity contribution in [2.45, 2.75) is 65.7 Å². The minimum absolute atomic E-state index is 0.00703. The van der Waals surface area contributed by atoms with Crippen LogP contribution in [-0.4, -0.2) is 13.1 Å². The van der Waals surface area contributed by atoms with Crippen LogP contribution in [0.3, 0.4) is 0 Å². The highest BCUT2D eigenvalue weighted by Crippen LogP contribution is 2.64. The van der Waals surface area contributed by atoms with E-state index >= 15 is 0 Å². The molecule has 0 saturated heterocycles. The summed E-state index contributed by atoms with van der Waals surface area (Å²) in [4.78, 5) is 12.5. The summed E-state index contributed by atoms with van der Waals surface area (Å²) in [7, 11) is 1.55. The maximum absolute atomic E-state index is 12.5. The summed E-state index contributed by atoms with van der Waals surface area (Å²) in [5, 5.41) is 0. The number of methoxy groups -OCH3 is 1. The summed E-state index contributed by atoms with van der Waals surface area (Å²) < 4.78 is 5.21. The average molecular weight is 316 g/mol. The SMILES string of the molecule is C=C[C@@]1(C)C=C2CC[C@@H]3[C@@](C)(CCC[C@]3(C)C(=O)OC)[C@@H]2CC1. The Morgan fingerprint density at radius 1 is 1.26 bits per heavy atom. The van der Waals surface area contributed by atoms with Gasteiger partial charge in [0.2, 0.25) is 0 Å². The van der Waals surface area contributed by atoms with Gasteiger partial charge in [0, 0.05) is 5.41 Å². The number of hydrogen-bond donors (Lipinski definition) is 0. The second-order valence-electron chi connectivity index (χ2n) is 8.88. The molecule has 2 saturated carbocycles. The van der Waals surface area contributed by atoms with Crippen molar-refractivity contribution in [2.24, 2.45) is 28.1 Å². The van der Waals surface area contributed by atoms with Gasteiger partial charge in [-0.1, -0.05) is 38.0 Å². The molecule has 3 aliphatic carbocycles. The van der Waals surface area contributed by atoms with Crippen molar-refractivity contribution in [3.63, 3.8) is 0 Å². The zero-order chi connectivity index (χ0) is 16.9. The molecule has 2 nitrogen and oxygen atoms in total. The van der Waals surface area contributed by atoms with Gasteiger partial charge >= 0.3 is 5.97 Å². The normalized spacial score (nSPS) is 46.2. The van der Waals surface area contributed by atoms with E-state index in [0.717, 1.165) is 25.7 Å². The number of ether oxygens (including phenoxy) is 1. The standard InChI is InChI=1S/C21H32O2/c1-6-19(2)13-10-16-15(14-19)8-9-17-20(16,3)11-7-12-21(17,4)18(22)23-5/h6,14,16-17H,1,7-13H2,2-5H3/t16-,17-,19-,20+,21+/m1/s1. The van der Waals surface area contributed by atoms with E-state index in [2.05, 4.69) is 39.5 Å². The number of allylic oxidation sites excluding steroid dienone is 3. The number of esters is 1. The maximum atomic E-state index is 12.5. The number of hydrogen-bond acceptors (Lipinski definition) is 2. The summed E-state index contributed by atoms with van der Waals surface area (Å²) in [5.41, 5.74) is 1.74. The first-order valence-corrected chi connectivity index (χ1v) is 9.23. The lowest BCUT2D eigenvalue weighted by Crippen LogP contribution is -2.54. The smallest absolute Gasteiger partial charge is 0.311 e. The van der Waals surface area contributed by atoms with Crippen LogP contribution in [0.2, 0.25) is 0 Å². The van der Waals surface area contributed by atoms with E-state index in [1.807, 2.05) is 0 Å². The van der Waals surface area contributed by atoms with Gasteiger partial charge in [0.25, 0.3) is 0 Å². The molecule has 23 heavy (non-hydrogen) atoms. The highest BCUT2D eigenvalue weighted by Gasteiger charge is 2.58. The first kappa shape index (κ1) is 16.8. The highest BCUT2D eigenvalue weighted by atomic mass is 16.5. The van der Waals surface area contributed by atoms with Crippen LogP contribution in [-0.2, 0) is 9.53 Å². The van der Waals surface area contributed by atoms with Crippen LogP contribution < -0.4 is 0 Å². The van der Waals surface area contributed by atoms with Crippen LogP contribution in [0.25, 0.3) is 0 Å². The fourth-order valence-corrected chi connectivity index (χ4v) is 6.16. The Hall–Kier alpha value is -1.05. The third kappa shape index (κ3) is 2.40. The lowest BCUT2D eigenvalue weighted by molar-refractivity contribution is -0.168. The molecular formula is C21H32O2. The van der Waals surface area contributed by atoms with Gasteiger partial charge in [0.05, 0.1) is 12.5 Å². The molecule has 2 heteroatoms. The molecule has 0 spiro atoms. The van der Waals surface area contributed by atoms with Crippen molar-refractivity contribution >= 4 is 5.97 Å². The zero-order valence-electron chi connectivity index (χ0n) is 15.3. The van der Waals surface area contributed by atoms with Crippen molar-refractivity contribution in [3.05, 3.63) is 24.3 Å². The molecule has 0 bridgehead atoms. The molecule has 0 aliphatic heterocycles. The molecule has 0 aromatic heterocycles. The monoisotopic (exact) mass is 316 g/mol. The highest BCUT2D eigenvalue weighted by molar-refractivity contribution is 5.77. The molecule has 0 radical (unpaired) electrons. The maximum Gasteiger partial charge on any atom is 0.311 e. The van der Waals surface area contributed by atoms with E-state index < -0.39 is 0 Å². The molecule has 5 atom stereocenters. The van der Waals surface area contributed by atoms with Crippen LogP contribution in [0.15, 0.2) is 24.3 Å². The third-order valence-corrected chi connectivity index (χ3v) is 7.55. The van der Waals surface area contributed by atoms with Crippen LogP contribution >= 0.6 is 0 Å². The van der Waals surface area contributed by atoms with Crippen LogP contribution in [0.1, 0.15) is 65.7 Å². The fourth-order valence-electron chi connectivity index (χ4n) is 6.16. The predicted octanol–water partition coefficient (Wildman–Crippen LogP) is 5.29. The third-order valence-electron chi connectivity index (χ3n) is 7.55. The summed E-state index contributed by atoms with van der Waals surface area (Å²) in [6, 6.07) is 0. The van der Waals surface area contributed by atoms with Gasteiger partial charge in [-0.2, -0.15) is 0 Å². The average Bonchev–Trinajstić information content (AvgIpc) is 2.53. The van der Waals surface area contributed by atoms with Crippen LogP contribution in [0, 0.1) is 28.1 Å². The second-order valence-corrected chi connectivity index (χ2v) is 8.88. The van der Waals surface area contributed by atoms with Crippen molar-refractivity contribution in [1.29, 1.82) is 0 Å². The molecule has 0 heterocycles. The van der Waals surface area contributed by atoms with Gasteiger partial charge in [-0.3, -0.25) is 4.79 Å². The van der Waals surface area contributed by atoms with Gasteiger partial charge in [-0.05, 0) is 62.7 Å². The fraction of sp³-hybridized carbons (Fsp3) is 0.762. The van der Waals surface area contributed by atoms with Gasteiger partial charge in [-0.25, -0.2) is 0 Å². The molecule has 0 N–H and O–H groups in total. The molecule has 3 aliphatic rings. The molecule has 3 rings (SSSR count). The molecule has 0 aromatic carbocycles. The topological polar surface area (TPSA) is 26.3 Å². The summed E-state index contributed by atoms with van der Waals surface area (Å²) in [6.45, 7) is 11.0. The Balaban J connectivity index is 1.98. The zero-order valence-corrected chi connectivity index (χ0v) is 15.3. The van der Waals surface area contributed by atoms with E-state index in [0.29, 0.717) is 11.8 Å². The van der Waals surface area contributed by atoms with Crippen LogP contribution in [0.5, 0.6) is 0 Å². The number of fused-ring (bicyclic) bond motifs is 3. The lowest BCUT2D eigenvalue weighted by atomic mass is 9.45. The quantitative estimate of drug-likeness (QED) is 0.511. The molecule has 0 amide bonds. The Kier molecular flexibility index (Phi) is 4.01. The van der Waals surface area contributed by atoms with Gasteiger partial charge in [0.1, 0.15) is 0 Å². The summed E-state index contributed by atoms with van der Waals surface area (Å²) in [5.74, 6) is 1.09. The first-order valence-electron chi connectivity index (χ1n) is 9.23. The van der Waals surface area contributed by atoms with Crippen molar-refractivity contribution in [3.8, 4) is 0 Å². The van der Waals surface area contributed by atoms with E-state index in [-0.39, 0.29) is 22.2 Å². The number of rotatable bonds is 2. The largest absolute Gasteiger partial charge is 0.469 e. The van der Waals surface area contributed by atoms with E-state index in [4.69, 9.17) is 4.74 Å². The Morgan fingerprint density at radius 3 is 2.65 bits per heavy atom. The molecular weight excluding hydrogens is 284 g/mol. The van der Waals surface area contributed by atoms with E-state index in [9.17, 15) is 4.79 Å². The van der Waals surface area contributed by atoms with Crippen molar-refractivity contribution < 1.29 is 9.53 Å². The molecule has 128 valence electrons. The minimum atomic E-state index is -0.299. The number of carbonyl (C=O) groups is 1. The lowest BCUT2D eigenvalue weighted by Gasteiger charge is -2.59. The predicted molar refractivity (Wildman–Crippen MR) is 93.9 cm³/mol. The van der Waals surface area contributed by atoms with Crippen molar-refractivity contribution in [1.82, 2.24) is 0 Å². The summed E-state index contributed by atoms with van der Waals surface area (Å²) in [6.07, 6.45) is 12.7. The van der Waals surface area contributed by atoms with Crippen molar-refractivity contribution in [2.75, 3.05) is 7.11 Å². The Bertz CT molecular complexity index is 548. The van der Waals surface area contributed by atoms with Crippen LogP contribution in [0.4, 0.5) is 0 Å². The Labute approximate surface area is 141 Å². The van der Waals surface area contributed by atoms with Gasteiger partial charge in [0.15, 0.2) is 0 Å². The summed E-state index contributed by atoms with van der Waals surface area (Å²) >= 11 is 0. The van der Waals surface area contributed by atoms with Gasteiger partial charge < -0.3 is 4.74 Å². The van der Waals surface area contributed by atoms with E-state index in [1.54, 1.807) is 12.7 Å². The van der Waals surface area contributed by atoms with E-state index in [1.165, 1.54) is 19.3 Å². The molecule has 2 fully saturated rings. The Morgan fingerprint density at radius 2 is 2.00 bits per heavy atom. The minimum Gasteiger partial charge on any atom is -0.469 e. The molecule has 0 aromatic rings. The number of carbonyl (C=O) groups excluding carboxylic acids is 1.